The Balaban J connectivity index is 1.96. The number of aromatic nitrogens is 2. The van der Waals surface area contributed by atoms with Gasteiger partial charge in [0.25, 0.3) is 5.91 Å². The second-order valence-electron chi connectivity index (χ2n) is 8.15. The summed E-state index contributed by atoms with van der Waals surface area (Å²) in [6.07, 6.45) is 0.901. The fourth-order valence-electron chi connectivity index (χ4n) is 3.78. The number of aryl methyl sites for hydroxylation is 1. The van der Waals surface area contributed by atoms with Gasteiger partial charge in [-0.15, -0.1) is 10.2 Å². The highest BCUT2D eigenvalue weighted by Crippen LogP contribution is 2.34. The smallest absolute Gasteiger partial charge is 0.254 e. The average molecular weight is 452 g/mol. The van der Waals surface area contributed by atoms with E-state index in [2.05, 4.69) is 10.2 Å². The van der Waals surface area contributed by atoms with E-state index in [-0.39, 0.29) is 11.7 Å². The van der Waals surface area contributed by atoms with Gasteiger partial charge in [0.2, 0.25) is 0 Å². The molecular weight excluding hydrogens is 426 g/mol. The zero-order chi connectivity index (χ0) is 23.2. The highest BCUT2D eigenvalue weighted by atomic mass is 32.2. The second-order valence-corrected chi connectivity index (χ2v) is 10.3. The Bertz CT molecular complexity index is 1340. The van der Waals surface area contributed by atoms with Gasteiger partial charge in [-0.3, -0.25) is 4.79 Å². The number of carbonyl (C=O) groups excluding carboxylic acids is 1. The lowest BCUT2D eigenvalue weighted by atomic mass is 9.98. The zero-order valence-electron chi connectivity index (χ0n) is 18.4. The Morgan fingerprint density at radius 3 is 2.62 bits per heavy atom. The molecule has 2 aromatic carbocycles. The maximum Gasteiger partial charge on any atom is 0.254 e. The minimum atomic E-state index is -2.95. The van der Waals surface area contributed by atoms with Crippen molar-refractivity contribution in [2.75, 3.05) is 19.0 Å². The normalized spacial score (nSPS) is 17.8. The van der Waals surface area contributed by atoms with Crippen molar-refractivity contribution in [1.29, 1.82) is 4.78 Å². The van der Waals surface area contributed by atoms with E-state index < -0.39 is 15.8 Å². The molecule has 0 spiro atoms. The van der Waals surface area contributed by atoms with Crippen molar-refractivity contribution in [3.05, 3.63) is 64.7 Å². The molecule has 0 saturated carbocycles. The van der Waals surface area contributed by atoms with E-state index in [1.165, 1.54) is 6.26 Å². The van der Waals surface area contributed by atoms with Crippen LogP contribution in [0.2, 0.25) is 0 Å². The van der Waals surface area contributed by atoms with Crippen LogP contribution in [0, 0.1) is 11.7 Å². The number of nitrogens with two attached hydrogens (primary N) is 1. The third-order valence-electron chi connectivity index (χ3n) is 5.53. The van der Waals surface area contributed by atoms with Crippen LogP contribution < -0.4 is 10.5 Å². The molecule has 3 N–H and O–H groups in total. The molecule has 1 unspecified atom stereocenters. The number of hydrogen-bond donors (Lipinski definition) is 2. The predicted molar refractivity (Wildman–Crippen MR) is 123 cm³/mol. The molecule has 0 fully saturated rings. The molecule has 1 aromatic heterocycles. The third kappa shape index (κ3) is 4.03. The van der Waals surface area contributed by atoms with Crippen LogP contribution in [0.15, 0.2) is 47.4 Å². The Hall–Kier alpha value is -3.46. The molecule has 9 heteroatoms. The summed E-state index contributed by atoms with van der Waals surface area (Å²) < 4.78 is 26.5. The van der Waals surface area contributed by atoms with Crippen LogP contribution in [-0.4, -0.2) is 38.5 Å². The molecule has 8 nitrogen and oxygen atoms in total. The zero-order valence-corrected chi connectivity index (χ0v) is 19.2. The minimum Gasteiger partial charge on any atom is -0.482 e. The van der Waals surface area contributed by atoms with Gasteiger partial charge in [0.15, 0.2) is 11.6 Å². The summed E-state index contributed by atoms with van der Waals surface area (Å²) in [7, 11) is -1.22. The number of carbonyl (C=O) groups is 1. The SMILES string of the molecule is Cc1ccc2c(c1)[C@@H](C)Oc1cc(nnc1N)-c1cc(S(C)(=N)=O)ccc1CN(C)C2=O. The molecule has 0 aliphatic carbocycles. The first-order valence-electron chi connectivity index (χ1n) is 10.1. The van der Waals surface area contributed by atoms with Crippen LogP contribution >= 0.6 is 0 Å². The van der Waals surface area contributed by atoms with E-state index in [0.29, 0.717) is 34.0 Å². The number of rotatable bonds is 1. The first-order chi connectivity index (χ1) is 15.0. The lowest BCUT2D eigenvalue weighted by Crippen LogP contribution is -2.28. The van der Waals surface area contributed by atoms with Crippen molar-refractivity contribution in [1.82, 2.24) is 15.1 Å². The molecule has 166 valence electrons. The molecule has 2 bridgehead atoms. The van der Waals surface area contributed by atoms with Crippen LogP contribution in [-0.2, 0) is 16.3 Å². The monoisotopic (exact) mass is 451 g/mol. The van der Waals surface area contributed by atoms with Crippen LogP contribution in [0.1, 0.15) is 40.1 Å². The predicted octanol–water partition coefficient (Wildman–Crippen LogP) is 3.80. The molecule has 1 amide bonds. The fraction of sp³-hybridized carbons (Fsp3) is 0.261. The largest absolute Gasteiger partial charge is 0.482 e. The number of hydrogen-bond acceptors (Lipinski definition) is 7. The average Bonchev–Trinajstić information content (AvgIpc) is 2.73. The van der Waals surface area contributed by atoms with E-state index in [1.54, 1.807) is 36.2 Å². The number of anilines is 1. The second kappa shape index (κ2) is 7.90. The van der Waals surface area contributed by atoms with E-state index in [1.807, 2.05) is 32.0 Å². The van der Waals surface area contributed by atoms with Gasteiger partial charge in [-0.2, -0.15) is 0 Å². The maximum atomic E-state index is 13.4. The Morgan fingerprint density at radius 1 is 1.16 bits per heavy atom. The van der Waals surface area contributed by atoms with Crippen molar-refractivity contribution >= 4 is 21.5 Å². The van der Waals surface area contributed by atoms with Gasteiger partial charge in [0, 0.05) is 47.5 Å². The molecule has 0 saturated heterocycles. The Labute approximate surface area is 187 Å². The summed E-state index contributed by atoms with van der Waals surface area (Å²) >= 11 is 0. The van der Waals surface area contributed by atoms with Gasteiger partial charge in [0.1, 0.15) is 6.10 Å². The molecule has 1 aliphatic heterocycles. The fourth-order valence-corrected chi connectivity index (χ4v) is 4.45. The van der Waals surface area contributed by atoms with Gasteiger partial charge in [-0.25, -0.2) is 8.99 Å². The van der Waals surface area contributed by atoms with Crippen LogP contribution in [0.3, 0.4) is 0 Å². The van der Waals surface area contributed by atoms with E-state index in [0.717, 1.165) is 16.7 Å². The topological polar surface area (TPSA) is 122 Å². The maximum absolute atomic E-state index is 13.4. The summed E-state index contributed by atoms with van der Waals surface area (Å²) in [6, 6.07) is 12.4. The van der Waals surface area contributed by atoms with Crippen LogP contribution in [0.5, 0.6) is 5.75 Å². The highest BCUT2D eigenvalue weighted by Gasteiger charge is 2.24. The molecule has 2 heterocycles. The molecule has 2 atom stereocenters. The molecule has 3 aromatic rings. The molecule has 32 heavy (non-hydrogen) atoms. The number of nitrogens with zero attached hydrogens (tertiary/aromatic N) is 3. The lowest BCUT2D eigenvalue weighted by Gasteiger charge is -2.25. The quantitative estimate of drug-likeness (QED) is 0.580. The van der Waals surface area contributed by atoms with E-state index in [9.17, 15) is 9.00 Å². The van der Waals surface area contributed by atoms with Gasteiger partial charge in [-0.05, 0) is 37.6 Å². The first-order valence-corrected chi connectivity index (χ1v) is 12.0. The summed E-state index contributed by atoms with van der Waals surface area (Å²) in [4.78, 5) is 15.3. The molecule has 4 rings (SSSR count). The van der Waals surface area contributed by atoms with Crippen LogP contribution in [0.25, 0.3) is 11.3 Å². The number of nitrogens with one attached hydrogen (secondary N) is 1. The summed E-state index contributed by atoms with van der Waals surface area (Å²) in [5, 5.41) is 8.28. The Kier molecular flexibility index (Phi) is 5.37. The number of ether oxygens (including phenoxy) is 1. The van der Waals surface area contributed by atoms with Gasteiger partial charge >= 0.3 is 0 Å². The first kappa shape index (κ1) is 21.8. The third-order valence-corrected chi connectivity index (χ3v) is 6.68. The number of benzene rings is 2. The van der Waals surface area contributed by atoms with Crippen LogP contribution in [0.4, 0.5) is 5.82 Å². The Morgan fingerprint density at radius 2 is 1.91 bits per heavy atom. The molecular formula is C23H25N5O3S. The van der Waals surface area contributed by atoms with E-state index >= 15 is 0 Å². The number of amides is 1. The van der Waals surface area contributed by atoms with Crippen molar-refractivity contribution in [3.8, 4) is 17.0 Å². The minimum absolute atomic E-state index is 0.132. The number of nitrogen functional groups attached to an aromatic ring is 1. The van der Waals surface area contributed by atoms with Crippen molar-refractivity contribution in [3.63, 3.8) is 0 Å². The van der Waals surface area contributed by atoms with Gasteiger partial charge < -0.3 is 15.4 Å². The van der Waals surface area contributed by atoms with Crippen molar-refractivity contribution in [2.45, 2.75) is 31.4 Å². The lowest BCUT2D eigenvalue weighted by molar-refractivity contribution is 0.0780. The number of fused-ring (bicyclic) bond motifs is 5. The summed E-state index contributed by atoms with van der Waals surface area (Å²) in [6.45, 7) is 4.11. The summed E-state index contributed by atoms with van der Waals surface area (Å²) in [5.41, 5.74) is 10.2. The van der Waals surface area contributed by atoms with Crippen molar-refractivity contribution in [2.24, 2.45) is 0 Å². The standard InChI is InChI=1S/C23H25N5O3S/c1-13-5-8-17-18(9-13)14(2)31-21-11-20(26-27-22(21)24)19-10-16(32(4,25)30)7-6-15(19)12-28(3)23(17)29/h5-11,14,25H,12H2,1-4H3,(H2,24,27)/t14-,32?/m1/s1. The molecule has 1 aliphatic rings. The van der Waals surface area contributed by atoms with Gasteiger partial charge in [-0.1, -0.05) is 23.8 Å². The van der Waals surface area contributed by atoms with E-state index in [4.69, 9.17) is 15.3 Å². The van der Waals surface area contributed by atoms with Gasteiger partial charge in [0.05, 0.1) is 15.4 Å². The summed E-state index contributed by atoms with van der Waals surface area (Å²) in [5.74, 6) is 0.331. The molecule has 0 radical (unpaired) electrons. The van der Waals surface area contributed by atoms with Crippen molar-refractivity contribution < 1.29 is 13.7 Å². The highest BCUT2D eigenvalue weighted by molar-refractivity contribution is 7.91.